The third-order valence-corrected chi connectivity index (χ3v) is 5.00. The number of carbonyl (C=O) groups is 1. The number of ether oxygens (including phenoxy) is 2. The summed E-state index contributed by atoms with van der Waals surface area (Å²) in [6.45, 7) is 7.43. The van der Waals surface area contributed by atoms with Crippen molar-refractivity contribution in [3.8, 4) is 0 Å². The second kappa shape index (κ2) is 10.1. The molecular weight excluding hydrogens is 376 g/mol. The number of rotatable bonds is 8. The van der Waals surface area contributed by atoms with Gasteiger partial charge < -0.3 is 14.0 Å². The minimum Gasteiger partial charge on any atom is -0.434 e. The largest absolute Gasteiger partial charge is 0.508 e. The molecule has 3 aromatic rings. The van der Waals surface area contributed by atoms with Crippen molar-refractivity contribution in [2.75, 3.05) is 6.61 Å². The Morgan fingerprint density at radius 1 is 1.07 bits per heavy atom. The van der Waals surface area contributed by atoms with Crippen molar-refractivity contribution in [1.82, 2.24) is 9.55 Å². The van der Waals surface area contributed by atoms with Gasteiger partial charge in [0.15, 0.2) is 0 Å². The molecule has 3 rings (SSSR count). The lowest BCUT2D eigenvalue weighted by molar-refractivity contribution is 0.0165. The Balaban J connectivity index is 1.47. The molecule has 1 unspecified atom stereocenters. The summed E-state index contributed by atoms with van der Waals surface area (Å²) in [4.78, 5) is 16.3. The van der Waals surface area contributed by atoms with Crippen LogP contribution in [0.1, 0.15) is 50.0 Å². The molecule has 30 heavy (non-hydrogen) atoms. The summed E-state index contributed by atoms with van der Waals surface area (Å²) in [6, 6.07) is 18.3. The number of aryl methyl sites for hydroxylation is 1. The first-order valence-electron chi connectivity index (χ1n) is 10.4. The topological polar surface area (TPSA) is 53.4 Å². The van der Waals surface area contributed by atoms with Crippen LogP contribution in [0.2, 0.25) is 0 Å². The van der Waals surface area contributed by atoms with E-state index in [4.69, 9.17) is 9.47 Å². The Kier molecular flexibility index (Phi) is 7.28. The molecular formula is C25H30N2O3. The van der Waals surface area contributed by atoms with Crippen LogP contribution >= 0.6 is 0 Å². The molecule has 1 heterocycles. The molecule has 0 bridgehead atoms. The highest BCUT2D eigenvalue weighted by Crippen LogP contribution is 2.23. The summed E-state index contributed by atoms with van der Waals surface area (Å²) < 4.78 is 12.8. The van der Waals surface area contributed by atoms with Gasteiger partial charge in [0.1, 0.15) is 6.10 Å². The molecule has 0 saturated carbocycles. The van der Waals surface area contributed by atoms with Crippen LogP contribution in [0.15, 0.2) is 73.3 Å². The summed E-state index contributed by atoms with van der Waals surface area (Å²) in [7, 11) is 0. The minimum absolute atomic E-state index is 0.150. The third kappa shape index (κ3) is 6.48. The predicted octanol–water partition coefficient (Wildman–Crippen LogP) is 5.71. The highest BCUT2D eigenvalue weighted by Gasteiger charge is 2.18. The maximum absolute atomic E-state index is 12.3. The van der Waals surface area contributed by atoms with Gasteiger partial charge in [-0.1, -0.05) is 75.4 Å². The molecule has 0 amide bonds. The van der Waals surface area contributed by atoms with Crippen LogP contribution in [0, 0.1) is 0 Å². The smallest absolute Gasteiger partial charge is 0.434 e. The molecule has 0 spiro atoms. The summed E-state index contributed by atoms with van der Waals surface area (Å²) in [5.74, 6) is 0. The Hall–Kier alpha value is -3.08. The van der Waals surface area contributed by atoms with Crippen LogP contribution < -0.4 is 0 Å². The molecule has 2 aromatic carbocycles. The third-order valence-electron chi connectivity index (χ3n) is 5.00. The zero-order chi connectivity index (χ0) is 21.4. The van der Waals surface area contributed by atoms with Crippen molar-refractivity contribution >= 4 is 6.16 Å². The number of carbonyl (C=O) groups excluding carboxylic acids is 1. The molecule has 0 N–H and O–H groups in total. The van der Waals surface area contributed by atoms with Crippen molar-refractivity contribution in [3.05, 3.63) is 90.0 Å². The number of nitrogens with zero attached hydrogens (tertiary/aromatic N) is 2. The quantitative estimate of drug-likeness (QED) is 0.355. The van der Waals surface area contributed by atoms with E-state index >= 15 is 0 Å². The highest BCUT2D eigenvalue weighted by atomic mass is 16.7. The molecule has 0 aliphatic heterocycles. The second-order valence-corrected chi connectivity index (χ2v) is 8.43. The molecule has 0 radical (unpaired) electrons. The van der Waals surface area contributed by atoms with Gasteiger partial charge in [-0.2, -0.15) is 0 Å². The van der Waals surface area contributed by atoms with Gasteiger partial charge in [0.25, 0.3) is 0 Å². The fourth-order valence-electron chi connectivity index (χ4n) is 3.22. The highest BCUT2D eigenvalue weighted by molar-refractivity contribution is 5.60. The normalized spacial score (nSPS) is 12.4. The van der Waals surface area contributed by atoms with Crippen molar-refractivity contribution in [2.45, 2.75) is 51.7 Å². The zero-order valence-electron chi connectivity index (χ0n) is 18.0. The first-order chi connectivity index (χ1) is 14.4. The van der Waals surface area contributed by atoms with E-state index in [9.17, 15) is 4.79 Å². The van der Waals surface area contributed by atoms with E-state index in [-0.39, 0.29) is 5.41 Å². The zero-order valence-corrected chi connectivity index (χ0v) is 18.0. The maximum atomic E-state index is 12.3. The Morgan fingerprint density at radius 3 is 2.43 bits per heavy atom. The standard InChI is InChI=1S/C25H30N2O3/c1-25(2,3)22-13-11-20(12-14-22)8-7-17-29-24(28)30-23(18-27-16-15-26-19-27)21-9-5-4-6-10-21/h4-6,9-16,19,23H,7-8,17-18H2,1-3H3. The number of hydrogen-bond donors (Lipinski definition) is 0. The van der Waals surface area contributed by atoms with Gasteiger partial charge in [0.05, 0.1) is 19.5 Å². The van der Waals surface area contributed by atoms with E-state index in [2.05, 4.69) is 50.0 Å². The average Bonchev–Trinajstić information content (AvgIpc) is 3.24. The number of hydrogen-bond acceptors (Lipinski definition) is 4. The second-order valence-electron chi connectivity index (χ2n) is 8.43. The molecule has 0 fully saturated rings. The lowest BCUT2D eigenvalue weighted by atomic mass is 9.86. The molecule has 5 heteroatoms. The Morgan fingerprint density at radius 2 is 1.80 bits per heavy atom. The van der Waals surface area contributed by atoms with Gasteiger partial charge in [-0.25, -0.2) is 9.78 Å². The summed E-state index contributed by atoms with van der Waals surface area (Å²) in [6.07, 6.45) is 5.78. The molecule has 0 saturated heterocycles. The lowest BCUT2D eigenvalue weighted by Crippen LogP contribution is -2.18. The Labute approximate surface area is 178 Å². The van der Waals surface area contributed by atoms with Crippen LogP contribution in [0.25, 0.3) is 0 Å². The average molecular weight is 407 g/mol. The fraction of sp³-hybridized carbons (Fsp3) is 0.360. The molecule has 1 aromatic heterocycles. The first kappa shape index (κ1) is 21.6. The van der Waals surface area contributed by atoms with Crippen LogP contribution in [-0.2, 0) is 27.9 Å². The predicted molar refractivity (Wildman–Crippen MR) is 117 cm³/mol. The summed E-state index contributed by atoms with van der Waals surface area (Å²) in [5, 5.41) is 0. The van der Waals surface area contributed by atoms with Crippen molar-refractivity contribution < 1.29 is 14.3 Å². The van der Waals surface area contributed by atoms with Gasteiger partial charge in [0, 0.05) is 12.4 Å². The van der Waals surface area contributed by atoms with E-state index in [0.717, 1.165) is 18.4 Å². The lowest BCUT2D eigenvalue weighted by Gasteiger charge is -2.19. The molecule has 0 aliphatic carbocycles. The number of aromatic nitrogens is 2. The van der Waals surface area contributed by atoms with Gasteiger partial charge in [-0.15, -0.1) is 0 Å². The molecule has 0 aliphatic rings. The van der Waals surface area contributed by atoms with Crippen LogP contribution in [0.4, 0.5) is 4.79 Å². The Bertz CT molecular complexity index is 898. The number of benzene rings is 2. The van der Waals surface area contributed by atoms with Crippen LogP contribution in [0.3, 0.4) is 0 Å². The SMILES string of the molecule is CC(C)(C)c1ccc(CCCOC(=O)OC(Cn2ccnc2)c2ccccc2)cc1. The molecule has 5 nitrogen and oxygen atoms in total. The van der Waals surface area contributed by atoms with Crippen LogP contribution in [-0.4, -0.2) is 22.3 Å². The van der Waals surface area contributed by atoms with Crippen molar-refractivity contribution in [2.24, 2.45) is 0 Å². The van der Waals surface area contributed by atoms with E-state index in [1.165, 1.54) is 11.1 Å². The van der Waals surface area contributed by atoms with Gasteiger partial charge >= 0.3 is 6.16 Å². The minimum atomic E-state index is -0.646. The monoisotopic (exact) mass is 406 g/mol. The van der Waals surface area contributed by atoms with E-state index in [0.29, 0.717) is 13.2 Å². The van der Waals surface area contributed by atoms with E-state index in [1.54, 1.807) is 12.5 Å². The summed E-state index contributed by atoms with van der Waals surface area (Å²) >= 11 is 0. The molecule has 1 atom stereocenters. The van der Waals surface area contributed by atoms with Gasteiger partial charge in [-0.05, 0) is 34.9 Å². The molecule has 158 valence electrons. The van der Waals surface area contributed by atoms with Gasteiger partial charge in [0.2, 0.25) is 0 Å². The number of imidazole rings is 1. The first-order valence-corrected chi connectivity index (χ1v) is 10.4. The van der Waals surface area contributed by atoms with E-state index < -0.39 is 12.3 Å². The van der Waals surface area contributed by atoms with Crippen molar-refractivity contribution in [3.63, 3.8) is 0 Å². The maximum Gasteiger partial charge on any atom is 0.508 e. The van der Waals surface area contributed by atoms with Gasteiger partial charge in [-0.3, -0.25) is 0 Å². The summed E-state index contributed by atoms with van der Waals surface area (Å²) in [5.41, 5.74) is 3.62. The van der Waals surface area contributed by atoms with Crippen molar-refractivity contribution in [1.29, 1.82) is 0 Å². The van der Waals surface area contributed by atoms with Crippen LogP contribution in [0.5, 0.6) is 0 Å². The van der Waals surface area contributed by atoms with E-state index in [1.807, 2.05) is 41.1 Å². The fourth-order valence-corrected chi connectivity index (χ4v) is 3.22.